The average molecular weight is 563 g/mol. The number of hydrogen-bond donors (Lipinski definition) is 0. The summed E-state index contributed by atoms with van der Waals surface area (Å²) < 4.78 is 2.19. The van der Waals surface area contributed by atoms with Crippen LogP contribution >= 0.6 is 11.3 Å². The molecule has 2 heterocycles. The Hall–Kier alpha value is -1.40. The highest BCUT2D eigenvalue weighted by Gasteiger charge is 2.13. The Balaban J connectivity index is 0.00000363. The van der Waals surface area contributed by atoms with E-state index in [0.717, 1.165) is 0 Å². The van der Waals surface area contributed by atoms with E-state index in [4.69, 9.17) is 0 Å². The highest BCUT2D eigenvalue weighted by molar-refractivity contribution is 7.13. The first-order valence-electron chi connectivity index (χ1n) is 12.1. The zero-order chi connectivity index (χ0) is 21.9. The summed E-state index contributed by atoms with van der Waals surface area (Å²) >= 11 is 1.83. The topological polar surface area (TPSA) is 7.12 Å². The molecule has 0 atom stereocenters. The molecule has 2 nitrogen and oxygen atoms in total. The summed E-state index contributed by atoms with van der Waals surface area (Å²) in [7, 11) is 2.12. The standard InChI is InChI=1S/C28H39N2S.HI/c1-4-6-8-11-19-30(20-12-9-7-5-2)26-16-14-15-24(21-26)25-22-28(31-23-25)27-17-10-13-18-29(27)3;/h10,13-18,21-23H,4-9,11-12,19-20H2,1-3H3;1H/q+1;/p-1. The van der Waals surface area contributed by atoms with Crippen molar-refractivity contribution in [2.75, 3.05) is 18.0 Å². The van der Waals surface area contributed by atoms with Crippen LogP contribution in [0, 0.1) is 0 Å². The van der Waals surface area contributed by atoms with Gasteiger partial charge in [0.05, 0.1) is 4.88 Å². The van der Waals surface area contributed by atoms with E-state index < -0.39 is 0 Å². The molecule has 174 valence electrons. The fourth-order valence-corrected chi connectivity index (χ4v) is 5.10. The maximum atomic E-state index is 2.62. The predicted molar refractivity (Wildman–Crippen MR) is 137 cm³/mol. The first kappa shape index (κ1) is 26.8. The van der Waals surface area contributed by atoms with Crippen molar-refractivity contribution in [3.8, 4) is 21.7 Å². The van der Waals surface area contributed by atoms with Gasteiger partial charge in [0.15, 0.2) is 6.20 Å². The maximum Gasteiger partial charge on any atom is 0.222 e. The van der Waals surface area contributed by atoms with Crippen LogP contribution in [0.3, 0.4) is 0 Å². The first-order valence-corrected chi connectivity index (χ1v) is 13.0. The van der Waals surface area contributed by atoms with Gasteiger partial charge >= 0.3 is 0 Å². The lowest BCUT2D eigenvalue weighted by Crippen LogP contribution is -3.00. The summed E-state index contributed by atoms with van der Waals surface area (Å²) in [6.07, 6.45) is 12.7. The smallest absolute Gasteiger partial charge is 0.222 e. The van der Waals surface area contributed by atoms with Crippen molar-refractivity contribution in [2.24, 2.45) is 7.05 Å². The quantitative estimate of drug-likeness (QED) is 0.164. The number of rotatable bonds is 13. The molecule has 2 aromatic heterocycles. The number of nitrogens with zero attached hydrogens (tertiary/aromatic N) is 2. The molecule has 0 bridgehead atoms. The van der Waals surface area contributed by atoms with E-state index in [0.29, 0.717) is 0 Å². The number of unbranched alkanes of at least 4 members (excludes halogenated alkanes) is 6. The van der Waals surface area contributed by atoms with Crippen molar-refractivity contribution in [1.29, 1.82) is 0 Å². The molecule has 4 heteroatoms. The summed E-state index contributed by atoms with van der Waals surface area (Å²) in [5.41, 5.74) is 5.29. The molecule has 1 aromatic carbocycles. The first-order chi connectivity index (χ1) is 15.2. The van der Waals surface area contributed by atoms with Crippen LogP contribution in [0.4, 0.5) is 5.69 Å². The van der Waals surface area contributed by atoms with Gasteiger partial charge in [0, 0.05) is 30.9 Å². The zero-order valence-corrected chi connectivity index (χ0v) is 23.0. The van der Waals surface area contributed by atoms with Gasteiger partial charge < -0.3 is 28.9 Å². The Morgan fingerprint density at radius 2 is 1.50 bits per heavy atom. The Kier molecular flexibility index (Phi) is 12.3. The number of aromatic nitrogens is 1. The fraction of sp³-hybridized carbons (Fsp3) is 0.464. The molecule has 0 unspecified atom stereocenters. The highest BCUT2D eigenvalue weighted by Crippen LogP contribution is 2.33. The zero-order valence-electron chi connectivity index (χ0n) is 20.0. The normalized spacial score (nSPS) is 10.7. The van der Waals surface area contributed by atoms with Gasteiger partial charge in [0.1, 0.15) is 7.05 Å². The summed E-state index contributed by atoms with van der Waals surface area (Å²) in [5.74, 6) is 0. The molecule has 0 aliphatic carbocycles. The molecule has 0 saturated carbocycles. The van der Waals surface area contributed by atoms with Gasteiger partial charge in [-0.2, -0.15) is 0 Å². The average Bonchev–Trinajstić information content (AvgIpc) is 3.28. The molecule has 0 amide bonds. The van der Waals surface area contributed by atoms with Crippen LogP contribution in [0.25, 0.3) is 21.7 Å². The molecule has 3 rings (SSSR count). The van der Waals surface area contributed by atoms with E-state index in [1.54, 1.807) is 0 Å². The molecule has 0 fully saturated rings. The minimum atomic E-state index is 0. The summed E-state index contributed by atoms with van der Waals surface area (Å²) in [6, 6.07) is 17.9. The van der Waals surface area contributed by atoms with E-state index in [-0.39, 0.29) is 24.0 Å². The van der Waals surface area contributed by atoms with E-state index in [1.165, 1.54) is 91.8 Å². The number of hydrogen-bond acceptors (Lipinski definition) is 2. The molecular formula is C28H39IN2S. The maximum absolute atomic E-state index is 2.62. The summed E-state index contributed by atoms with van der Waals surface area (Å²) in [5, 5.41) is 2.30. The second-order valence-electron chi connectivity index (χ2n) is 8.56. The molecule has 0 N–H and O–H groups in total. The second-order valence-corrected chi connectivity index (χ2v) is 9.47. The summed E-state index contributed by atoms with van der Waals surface area (Å²) in [4.78, 5) is 3.94. The lowest BCUT2D eigenvalue weighted by Gasteiger charge is -2.25. The van der Waals surface area contributed by atoms with Crippen LogP contribution < -0.4 is 33.4 Å². The van der Waals surface area contributed by atoms with Gasteiger partial charge in [-0.3, -0.25) is 0 Å². The molecule has 0 aliphatic rings. The summed E-state index contributed by atoms with van der Waals surface area (Å²) in [6.45, 7) is 6.92. The molecule has 0 saturated heterocycles. The van der Waals surface area contributed by atoms with Crippen LogP contribution in [0.1, 0.15) is 65.2 Å². The largest absolute Gasteiger partial charge is 1.00 e. The van der Waals surface area contributed by atoms with Crippen molar-refractivity contribution in [3.63, 3.8) is 0 Å². The van der Waals surface area contributed by atoms with Crippen molar-refractivity contribution < 1.29 is 28.5 Å². The number of thiophene rings is 1. The Morgan fingerprint density at radius 1 is 0.781 bits per heavy atom. The molecule has 0 spiro atoms. The fourth-order valence-electron chi connectivity index (χ4n) is 4.11. The van der Waals surface area contributed by atoms with Gasteiger partial charge in [-0.25, -0.2) is 4.57 Å². The lowest BCUT2D eigenvalue weighted by atomic mass is 10.1. The minimum Gasteiger partial charge on any atom is -1.00 e. The van der Waals surface area contributed by atoms with Crippen LogP contribution in [-0.2, 0) is 7.05 Å². The Morgan fingerprint density at radius 3 is 2.16 bits per heavy atom. The third-order valence-electron chi connectivity index (χ3n) is 6.01. The van der Waals surface area contributed by atoms with Gasteiger partial charge in [0.25, 0.3) is 0 Å². The van der Waals surface area contributed by atoms with Crippen LogP contribution in [0.15, 0.2) is 60.1 Å². The van der Waals surface area contributed by atoms with Gasteiger partial charge in [-0.05, 0) is 53.6 Å². The molecular weight excluding hydrogens is 523 g/mol. The van der Waals surface area contributed by atoms with Crippen molar-refractivity contribution in [2.45, 2.75) is 65.2 Å². The van der Waals surface area contributed by atoms with E-state index in [2.05, 4.69) is 90.5 Å². The second kappa shape index (κ2) is 14.7. The number of pyridine rings is 1. The minimum absolute atomic E-state index is 0. The predicted octanol–water partition coefficient (Wildman–Crippen LogP) is 4.88. The van der Waals surface area contributed by atoms with Gasteiger partial charge in [-0.1, -0.05) is 64.5 Å². The van der Waals surface area contributed by atoms with Crippen LogP contribution in [0.5, 0.6) is 0 Å². The van der Waals surface area contributed by atoms with Crippen molar-refractivity contribution in [3.05, 3.63) is 60.1 Å². The van der Waals surface area contributed by atoms with Gasteiger partial charge in [0.2, 0.25) is 5.69 Å². The third-order valence-corrected chi connectivity index (χ3v) is 6.97. The van der Waals surface area contributed by atoms with E-state index in [9.17, 15) is 0 Å². The van der Waals surface area contributed by atoms with E-state index >= 15 is 0 Å². The highest BCUT2D eigenvalue weighted by atomic mass is 127. The molecule has 0 aliphatic heterocycles. The molecule has 3 aromatic rings. The molecule has 0 radical (unpaired) electrons. The van der Waals surface area contributed by atoms with Crippen LogP contribution in [0.2, 0.25) is 0 Å². The SMILES string of the molecule is CCCCCCN(CCCCCC)c1cccc(-c2csc(-c3cccc[n+]3C)c2)c1.[I-]. The lowest BCUT2D eigenvalue weighted by molar-refractivity contribution is -0.660. The number of anilines is 1. The third kappa shape index (κ3) is 7.87. The monoisotopic (exact) mass is 562 g/mol. The number of halogens is 1. The Bertz CT molecular complexity index is 909. The van der Waals surface area contributed by atoms with Crippen molar-refractivity contribution in [1.82, 2.24) is 0 Å². The van der Waals surface area contributed by atoms with Crippen molar-refractivity contribution >= 4 is 17.0 Å². The Labute approximate surface area is 216 Å². The number of benzene rings is 1. The van der Waals surface area contributed by atoms with E-state index in [1.807, 2.05) is 11.3 Å². The number of aryl methyl sites for hydroxylation is 1. The van der Waals surface area contributed by atoms with Gasteiger partial charge in [-0.15, -0.1) is 11.3 Å². The molecule has 32 heavy (non-hydrogen) atoms. The van der Waals surface area contributed by atoms with Crippen LogP contribution in [-0.4, -0.2) is 13.1 Å².